The Balaban J connectivity index is 1.20. The third kappa shape index (κ3) is 5.96. The van der Waals surface area contributed by atoms with Crippen molar-refractivity contribution in [1.29, 1.82) is 0 Å². The number of amides is 3. The summed E-state index contributed by atoms with van der Waals surface area (Å²) < 4.78 is 28.7. The number of benzene rings is 2. The Morgan fingerprint density at radius 3 is 2.62 bits per heavy atom. The molecule has 3 amide bonds. The van der Waals surface area contributed by atoms with Gasteiger partial charge in [-0.3, -0.25) is 19.4 Å². The Labute approximate surface area is 237 Å². The zero-order chi connectivity index (χ0) is 28.4. The molecule has 0 saturated carbocycles. The second-order valence-corrected chi connectivity index (χ2v) is 12.3. The average Bonchev–Trinajstić information content (AvgIpc) is 3.31. The van der Waals surface area contributed by atoms with E-state index in [1.807, 2.05) is 0 Å². The molecule has 2 saturated heterocycles. The van der Waals surface area contributed by atoms with E-state index >= 15 is 0 Å². The molecule has 0 radical (unpaired) electrons. The number of halogens is 1. The van der Waals surface area contributed by atoms with Gasteiger partial charge in [0.15, 0.2) is 0 Å². The molecule has 2 aromatic carbocycles. The fourth-order valence-electron chi connectivity index (χ4n) is 5.27. The van der Waals surface area contributed by atoms with Gasteiger partial charge in [-0.15, -0.1) is 0 Å². The van der Waals surface area contributed by atoms with Crippen LogP contribution in [-0.2, 0) is 19.6 Å². The molecule has 1 aromatic heterocycles. The van der Waals surface area contributed by atoms with Gasteiger partial charge in [0.05, 0.1) is 10.5 Å². The van der Waals surface area contributed by atoms with Gasteiger partial charge in [-0.2, -0.15) is 4.72 Å². The number of fused-ring (bicyclic) bond motifs is 1. The molecule has 3 heterocycles. The van der Waals surface area contributed by atoms with E-state index < -0.39 is 28.0 Å². The lowest BCUT2D eigenvalue weighted by atomic mass is 10.0. The molecular formula is C28H30ClN5O5S. The largest absolute Gasteiger partial charge is 0.347 e. The molecule has 3 aromatic rings. The van der Waals surface area contributed by atoms with Crippen molar-refractivity contribution in [2.75, 3.05) is 19.6 Å². The molecule has 0 spiro atoms. The van der Waals surface area contributed by atoms with Crippen molar-refractivity contribution in [1.82, 2.24) is 24.8 Å². The van der Waals surface area contributed by atoms with E-state index in [1.54, 1.807) is 54.4 Å². The first-order chi connectivity index (χ1) is 19.1. The Morgan fingerprint density at radius 2 is 1.85 bits per heavy atom. The fraction of sp³-hybridized carbons (Fsp3) is 0.357. The summed E-state index contributed by atoms with van der Waals surface area (Å²) >= 11 is 6.02. The molecular weight excluding hydrogens is 554 g/mol. The summed E-state index contributed by atoms with van der Waals surface area (Å²) in [6.07, 6.45) is 4.78. The number of carbonyl (C=O) groups excluding carboxylic acids is 3. The predicted octanol–water partition coefficient (Wildman–Crippen LogP) is 2.58. The van der Waals surface area contributed by atoms with Crippen molar-refractivity contribution in [3.63, 3.8) is 0 Å². The Hall–Kier alpha value is -3.54. The molecule has 0 aliphatic carbocycles. The number of sulfonamides is 1. The number of hydrogen-bond acceptors (Lipinski definition) is 6. The van der Waals surface area contributed by atoms with Gasteiger partial charge in [0.25, 0.3) is 5.91 Å². The van der Waals surface area contributed by atoms with Crippen molar-refractivity contribution in [2.45, 2.75) is 49.2 Å². The van der Waals surface area contributed by atoms with Crippen molar-refractivity contribution in [3.05, 3.63) is 71.5 Å². The highest BCUT2D eigenvalue weighted by atomic mass is 35.5. The number of hydrogen-bond donors (Lipinski definition) is 2. The van der Waals surface area contributed by atoms with Crippen molar-refractivity contribution in [2.24, 2.45) is 0 Å². The monoisotopic (exact) mass is 583 g/mol. The first-order valence-corrected chi connectivity index (χ1v) is 15.0. The van der Waals surface area contributed by atoms with Gasteiger partial charge >= 0.3 is 0 Å². The lowest BCUT2D eigenvalue weighted by molar-refractivity contribution is -0.144. The lowest BCUT2D eigenvalue weighted by Gasteiger charge is -2.36. The molecule has 2 aliphatic heterocycles. The van der Waals surface area contributed by atoms with E-state index in [4.69, 9.17) is 11.6 Å². The van der Waals surface area contributed by atoms with Crippen LogP contribution in [-0.4, -0.2) is 78.7 Å². The third-order valence-electron chi connectivity index (χ3n) is 7.44. The first-order valence-electron chi connectivity index (χ1n) is 13.1. The Morgan fingerprint density at radius 1 is 1.07 bits per heavy atom. The quantitative estimate of drug-likeness (QED) is 0.440. The zero-order valence-corrected chi connectivity index (χ0v) is 23.5. The van der Waals surface area contributed by atoms with Crippen LogP contribution in [0.3, 0.4) is 0 Å². The molecule has 3 atom stereocenters. The SMILES string of the molecule is C[C@@H](C(=O)N1CCC[C@H](NC(=O)c2cccnc2)C1)N1CC[C@H](NS(=O)(=O)c2ccc3cc(Cl)ccc3c2)C1=O. The summed E-state index contributed by atoms with van der Waals surface area (Å²) in [6, 6.07) is 11.3. The molecule has 0 unspecified atom stereocenters. The van der Waals surface area contributed by atoms with Gasteiger partial charge in [0.1, 0.15) is 12.1 Å². The van der Waals surface area contributed by atoms with Crippen molar-refractivity contribution >= 4 is 50.1 Å². The summed E-state index contributed by atoms with van der Waals surface area (Å²) in [6.45, 7) is 2.77. The number of piperidine rings is 1. The highest BCUT2D eigenvalue weighted by molar-refractivity contribution is 7.89. The third-order valence-corrected chi connectivity index (χ3v) is 9.14. The molecule has 2 aliphatic rings. The molecule has 210 valence electrons. The summed E-state index contributed by atoms with van der Waals surface area (Å²) in [4.78, 5) is 46.2. The van der Waals surface area contributed by atoms with Crippen LogP contribution in [0.15, 0.2) is 65.8 Å². The standard InChI is InChI=1S/C28H30ClN5O5S/c1-18(27(36)33-12-3-5-23(17-33)31-26(35)21-4-2-11-30-16-21)34-13-10-25(28(34)37)32-40(38,39)24-9-7-19-14-22(29)8-6-20(19)15-24/h2,4,6-9,11,14-16,18,23,25,32H,3,5,10,12-13,17H2,1H3,(H,31,35)/t18-,23-,25-/m0/s1. The number of carbonyl (C=O) groups is 3. The van der Waals surface area contributed by atoms with Gasteiger partial charge in [-0.05, 0) is 73.4 Å². The van der Waals surface area contributed by atoms with E-state index in [1.165, 1.54) is 23.2 Å². The maximum Gasteiger partial charge on any atom is 0.253 e. The molecule has 2 fully saturated rings. The number of nitrogens with zero attached hydrogens (tertiary/aromatic N) is 3. The summed E-state index contributed by atoms with van der Waals surface area (Å²) in [7, 11) is -3.98. The highest BCUT2D eigenvalue weighted by Crippen LogP contribution is 2.24. The normalized spacial score (nSPS) is 20.5. The van der Waals surface area contributed by atoms with E-state index in [-0.39, 0.29) is 35.7 Å². The van der Waals surface area contributed by atoms with Crippen LogP contribution in [0.5, 0.6) is 0 Å². The predicted molar refractivity (Wildman–Crippen MR) is 150 cm³/mol. The molecule has 12 heteroatoms. The second kappa shape index (κ2) is 11.5. The van der Waals surface area contributed by atoms with Crippen LogP contribution in [0.2, 0.25) is 5.02 Å². The summed E-state index contributed by atoms with van der Waals surface area (Å²) in [5.41, 5.74) is 0.448. The van der Waals surface area contributed by atoms with Crippen molar-refractivity contribution in [3.8, 4) is 0 Å². The van der Waals surface area contributed by atoms with E-state index in [0.29, 0.717) is 35.5 Å². The zero-order valence-electron chi connectivity index (χ0n) is 21.9. The topological polar surface area (TPSA) is 129 Å². The van der Waals surface area contributed by atoms with Crippen LogP contribution in [0.4, 0.5) is 0 Å². The minimum atomic E-state index is -3.98. The highest BCUT2D eigenvalue weighted by Gasteiger charge is 2.40. The van der Waals surface area contributed by atoms with Crippen LogP contribution in [0.25, 0.3) is 10.8 Å². The number of likely N-dealkylation sites (tertiary alicyclic amines) is 2. The fourth-order valence-corrected chi connectivity index (χ4v) is 6.71. The Bertz CT molecular complexity index is 1550. The first kappa shape index (κ1) is 28.0. The van der Waals surface area contributed by atoms with Gasteiger partial charge in [-0.25, -0.2) is 8.42 Å². The maximum absolute atomic E-state index is 13.4. The Kier molecular flexibility index (Phi) is 8.07. The van der Waals surface area contributed by atoms with E-state index in [2.05, 4.69) is 15.0 Å². The number of pyridine rings is 1. The molecule has 0 bridgehead atoms. The van der Waals surface area contributed by atoms with E-state index in [9.17, 15) is 22.8 Å². The minimum Gasteiger partial charge on any atom is -0.347 e. The minimum absolute atomic E-state index is 0.0467. The lowest BCUT2D eigenvalue weighted by Crippen LogP contribution is -2.55. The smallest absolute Gasteiger partial charge is 0.253 e. The van der Waals surface area contributed by atoms with Gasteiger partial charge in [0.2, 0.25) is 21.8 Å². The molecule has 2 N–H and O–H groups in total. The summed E-state index contributed by atoms with van der Waals surface area (Å²) in [5.74, 6) is -0.915. The maximum atomic E-state index is 13.4. The van der Waals surface area contributed by atoms with Crippen LogP contribution < -0.4 is 10.0 Å². The molecule has 10 nitrogen and oxygen atoms in total. The summed E-state index contributed by atoms with van der Waals surface area (Å²) in [5, 5.41) is 5.03. The number of rotatable bonds is 7. The van der Waals surface area contributed by atoms with Gasteiger partial charge < -0.3 is 15.1 Å². The van der Waals surface area contributed by atoms with Crippen LogP contribution >= 0.6 is 11.6 Å². The van der Waals surface area contributed by atoms with Crippen LogP contribution in [0, 0.1) is 0 Å². The molecule has 5 rings (SSSR count). The van der Waals surface area contributed by atoms with E-state index in [0.717, 1.165) is 11.8 Å². The van der Waals surface area contributed by atoms with Gasteiger partial charge in [0, 0.05) is 43.1 Å². The average molecular weight is 584 g/mol. The number of nitrogens with one attached hydrogen (secondary N) is 2. The van der Waals surface area contributed by atoms with Gasteiger partial charge in [-0.1, -0.05) is 23.7 Å². The second-order valence-electron chi connectivity index (χ2n) is 10.2. The number of aromatic nitrogens is 1. The van der Waals surface area contributed by atoms with Crippen LogP contribution in [0.1, 0.15) is 36.5 Å². The molecule has 40 heavy (non-hydrogen) atoms. The van der Waals surface area contributed by atoms with Crippen molar-refractivity contribution < 1.29 is 22.8 Å².